The molecule has 0 saturated carbocycles. The molecule has 140 valence electrons. The zero-order chi connectivity index (χ0) is 19.5. The smallest absolute Gasteiger partial charge is 0.276 e. The van der Waals surface area contributed by atoms with Crippen LogP contribution in [0.2, 0.25) is 0 Å². The molecule has 0 saturated heterocycles. The van der Waals surface area contributed by atoms with E-state index in [0.717, 1.165) is 21.7 Å². The minimum absolute atomic E-state index is 0.165. The molecule has 2 aromatic rings. The fourth-order valence-electron chi connectivity index (χ4n) is 3.21. The molecule has 2 aromatic carbocycles. The molecule has 0 radical (unpaired) electrons. The Balaban J connectivity index is 1.85. The molecule has 1 N–H and O–H groups in total. The molecule has 0 aliphatic carbocycles. The van der Waals surface area contributed by atoms with Gasteiger partial charge in [-0.15, -0.1) is 11.7 Å². The molecule has 0 fully saturated rings. The monoisotopic (exact) mass is 388 g/mol. The second-order valence-electron chi connectivity index (χ2n) is 6.47. The fourth-order valence-corrected chi connectivity index (χ4v) is 3.80. The number of hydrogen-bond acceptors (Lipinski definition) is 5. The van der Waals surface area contributed by atoms with E-state index in [9.17, 15) is 4.79 Å². The summed E-state index contributed by atoms with van der Waals surface area (Å²) >= 11 is 1.44. The minimum Gasteiger partial charge on any atom is -0.298 e. The first-order valence-corrected chi connectivity index (χ1v) is 9.99. The highest BCUT2D eigenvalue weighted by Gasteiger charge is 2.34. The number of thioether (sulfide) groups is 1. The molecule has 1 amide bonds. The average molecular weight is 388 g/mol. The molecule has 5 nitrogen and oxygen atoms in total. The van der Waals surface area contributed by atoms with E-state index < -0.39 is 0 Å². The van der Waals surface area contributed by atoms with Gasteiger partial charge in [0, 0.05) is 11.0 Å². The summed E-state index contributed by atoms with van der Waals surface area (Å²) in [6, 6.07) is 17.8. The van der Waals surface area contributed by atoms with E-state index in [0.29, 0.717) is 16.6 Å². The lowest BCUT2D eigenvalue weighted by molar-refractivity contribution is -0.116. The van der Waals surface area contributed by atoms with Crippen molar-refractivity contribution in [2.75, 3.05) is 5.75 Å². The van der Waals surface area contributed by atoms with Crippen molar-refractivity contribution in [3.8, 4) is 0 Å². The fraction of sp³-hybridized carbons (Fsp3) is 0.136. The standard InChI is InChI=1S/C22H20N4OS/c1-3-13-28-22-24-21(27)19-17-11-7-8-12-18(17)23-20(26(19)25-22)15(2)14-16-9-5-4-6-10-16/h3-12,14,20H,1,13H2,2H3,(H,24,25,27)/b15-14+/t20-/m1/s1. The number of carbonyl (C=O) groups is 1. The van der Waals surface area contributed by atoms with Gasteiger partial charge in [-0.2, -0.15) is 0 Å². The van der Waals surface area contributed by atoms with Gasteiger partial charge < -0.3 is 0 Å². The van der Waals surface area contributed by atoms with Gasteiger partial charge in [0.2, 0.25) is 0 Å². The molecular formula is C22H20N4OS. The van der Waals surface area contributed by atoms with Gasteiger partial charge >= 0.3 is 0 Å². The van der Waals surface area contributed by atoms with Crippen LogP contribution in [0.3, 0.4) is 0 Å². The van der Waals surface area contributed by atoms with E-state index in [1.165, 1.54) is 11.8 Å². The summed E-state index contributed by atoms with van der Waals surface area (Å²) < 4.78 is 0. The van der Waals surface area contributed by atoms with Crippen LogP contribution in [0.5, 0.6) is 0 Å². The maximum atomic E-state index is 12.9. The predicted molar refractivity (Wildman–Crippen MR) is 115 cm³/mol. The van der Waals surface area contributed by atoms with Gasteiger partial charge in [-0.1, -0.05) is 72.4 Å². The Morgan fingerprint density at radius 1 is 1.21 bits per heavy atom. The van der Waals surface area contributed by atoms with E-state index >= 15 is 0 Å². The van der Waals surface area contributed by atoms with Crippen molar-refractivity contribution in [2.45, 2.75) is 13.1 Å². The molecule has 0 spiro atoms. The summed E-state index contributed by atoms with van der Waals surface area (Å²) in [4.78, 5) is 17.8. The van der Waals surface area contributed by atoms with Crippen LogP contribution in [-0.4, -0.2) is 28.0 Å². The highest BCUT2D eigenvalue weighted by atomic mass is 32.2. The molecular weight excluding hydrogens is 368 g/mol. The first-order chi connectivity index (χ1) is 13.7. The lowest BCUT2D eigenvalue weighted by Crippen LogP contribution is -2.52. The minimum atomic E-state index is -0.379. The molecule has 2 aliphatic heterocycles. The van der Waals surface area contributed by atoms with Gasteiger partial charge in [0.1, 0.15) is 5.70 Å². The highest BCUT2D eigenvalue weighted by Crippen LogP contribution is 2.25. The molecule has 2 heterocycles. The third kappa shape index (κ3) is 3.51. The maximum absolute atomic E-state index is 12.9. The number of hydrogen-bond donors (Lipinski definition) is 1. The molecule has 0 bridgehead atoms. The largest absolute Gasteiger partial charge is 0.298 e. The number of amides is 1. The van der Waals surface area contributed by atoms with E-state index in [4.69, 9.17) is 10.1 Å². The third-order valence-electron chi connectivity index (χ3n) is 4.45. The molecule has 6 heteroatoms. The Morgan fingerprint density at radius 3 is 2.75 bits per heavy atom. The molecule has 0 unspecified atom stereocenters. The Hall–Kier alpha value is -3.12. The lowest BCUT2D eigenvalue weighted by Gasteiger charge is -2.34. The van der Waals surface area contributed by atoms with Gasteiger partial charge in [0.25, 0.3) is 5.91 Å². The number of carbonyl (C=O) groups excluding carboxylic acids is 1. The van der Waals surface area contributed by atoms with Gasteiger partial charge in [-0.05, 0) is 24.1 Å². The van der Waals surface area contributed by atoms with Crippen LogP contribution >= 0.6 is 11.8 Å². The SMILES string of the molecule is C=CCSC1=NN2C(=c3ccccc3=N[C@H]2/C(C)=C/c2ccccc2)C(=O)N1. The highest BCUT2D eigenvalue weighted by molar-refractivity contribution is 8.14. The zero-order valence-electron chi connectivity index (χ0n) is 15.5. The predicted octanol–water partition coefficient (Wildman–Crippen LogP) is 2.48. The molecule has 2 aliphatic rings. The van der Waals surface area contributed by atoms with Crippen molar-refractivity contribution in [1.82, 2.24) is 10.3 Å². The second kappa shape index (κ2) is 7.86. The van der Waals surface area contributed by atoms with Crippen molar-refractivity contribution in [1.29, 1.82) is 0 Å². The van der Waals surface area contributed by atoms with Crippen molar-refractivity contribution >= 4 is 34.6 Å². The number of para-hydroxylation sites is 1. The van der Waals surface area contributed by atoms with Gasteiger partial charge in [0.15, 0.2) is 11.3 Å². The first-order valence-electron chi connectivity index (χ1n) is 9.00. The van der Waals surface area contributed by atoms with Gasteiger partial charge in [-0.25, -0.2) is 5.01 Å². The van der Waals surface area contributed by atoms with E-state index in [1.54, 1.807) is 11.1 Å². The van der Waals surface area contributed by atoms with Crippen molar-refractivity contribution in [2.24, 2.45) is 10.1 Å². The number of rotatable bonds is 4. The quantitative estimate of drug-likeness (QED) is 0.819. The van der Waals surface area contributed by atoms with Crippen LogP contribution in [-0.2, 0) is 4.79 Å². The Bertz CT molecular complexity index is 1100. The Morgan fingerprint density at radius 2 is 1.96 bits per heavy atom. The van der Waals surface area contributed by atoms with Crippen molar-refractivity contribution in [3.63, 3.8) is 0 Å². The number of nitrogens with zero attached hydrogens (tertiary/aromatic N) is 3. The van der Waals surface area contributed by atoms with Crippen molar-refractivity contribution < 1.29 is 4.79 Å². The number of benzene rings is 2. The summed E-state index contributed by atoms with van der Waals surface area (Å²) in [5.41, 5.74) is 2.62. The normalized spacial score (nSPS) is 18.5. The molecule has 1 atom stereocenters. The molecule has 0 aromatic heterocycles. The van der Waals surface area contributed by atoms with E-state index in [-0.39, 0.29) is 12.1 Å². The number of hydrazone groups is 1. The van der Waals surface area contributed by atoms with Crippen LogP contribution in [0, 0.1) is 0 Å². The number of nitrogens with one attached hydrogen (secondary N) is 1. The Labute approximate surface area is 167 Å². The summed E-state index contributed by atoms with van der Waals surface area (Å²) in [5.74, 6) is 0.501. The average Bonchev–Trinajstić information content (AvgIpc) is 2.72. The van der Waals surface area contributed by atoms with Crippen molar-refractivity contribution in [3.05, 3.63) is 89.0 Å². The maximum Gasteiger partial charge on any atom is 0.276 e. The zero-order valence-corrected chi connectivity index (χ0v) is 16.3. The second-order valence-corrected chi connectivity index (χ2v) is 7.48. The summed E-state index contributed by atoms with van der Waals surface area (Å²) in [7, 11) is 0. The van der Waals surface area contributed by atoms with Gasteiger partial charge in [0.05, 0.1) is 5.36 Å². The van der Waals surface area contributed by atoms with Gasteiger partial charge in [-0.3, -0.25) is 15.1 Å². The number of amidine groups is 1. The number of fused-ring (bicyclic) bond motifs is 2. The summed E-state index contributed by atoms with van der Waals surface area (Å²) in [6.07, 6.45) is 3.49. The van der Waals surface area contributed by atoms with Crippen LogP contribution in [0.1, 0.15) is 12.5 Å². The van der Waals surface area contributed by atoms with Crippen LogP contribution < -0.4 is 15.9 Å². The van der Waals surface area contributed by atoms with Crippen LogP contribution in [0.25, 0.3) is 11.8 Å². The molecule has 28 heavy (non-hydrogen) atoms. The summed E-state index contributed by atoms with van der Waals surface area (Å²) in [5, 5.41) is 11.5. The van der Waals surface area contributed by atoms with Crippen LogP contribution in [0.4, 0.5) is 0 Å². The lowest BCUT2D eigenvalue weighted by atomic mass is 10.1. The third-order valence-corrected chi connectivity index (χ3v) is 5.31. The summed E-state index contributed by atoms with van der Waals surface area (Å²) in [6.45, 7) is 5.75. The Kier molecular flexibility index (Phi) is 5.12. The topological polar surface area (TPSA) is 57.1 Å². The van der Waals surface area contributed by atoms with E-state index in [2.05, 4.69) is 18.0 Å². The molecule has 4 rings (SSSR count). The first kappa shape index (κ1) is 18.3. The van der Waals surface area contributed by atoms with Crippen LogP contribution in [0.15, 0.2) is 82.9 Å². The van der Waals surface area contributed by atoms with E-state index in [1.807, 2.05) is 61.5 Å².